The Morgan fingerprint density at radius 2 is 1.68 bits per heavy atom. The first-order valence-electron chi connectivity index (χ1n) is 6.92. The summed E-state index contributed by atoms with van der Waals surface area (Å²) >= 11 is 6.26. The molecule has 0 aromatic heterocycles. The van der Waals surface area contributed by atoms with Gasteiger partial charge in [-0.3, -0.25) is 0 Å². The highest BCUT2D eigenvalue weighted by molar-refractivity contribution is 6.49. The van der Waals surface area contributed by atoms with Crippen LogP contribution < -0.4 is 0 Å². The number of hydrogen-bond donors (Lipinski definition) is 0. The fraction of sp³-hybridized carbons (Fsp3) is 0.600. The fourth-order valence-corrected chi connectivity index (χ4v) is 2.99. The first kappa shape index (κ1) is 13.5. The van der Waals surface area contributed by atoms with Gasteiger partial charge >= 0.3 is 7.12 Å². The van der Waals surface area contributed by atoms with E-state index in [0.717, 1.165) is 11.4 Å². The first-order valence-corrected chi connectivity index (χ1v) is 7.30. The van der Waals surface area contributed by atoms with Crippen molar-refractivity contribution in [3.05, 3.63) is 34.9 Å². The molecule has 1 saturated heterocycles. The summed E-state index contributed by atoms with van der Waals surface area (Å²) < 4.78 is 12.2. The van der Waals surface area contributed by atoms with E-state index in [9.17, 15) is 0 Å². The van der Waals surface area contributed by atoms with Gasteiger partial charge in [0.05, 0.1) is 11.2 Å². The topological polar surface area (TPSA) is 18.5 Å². The van der Waals surface area contributed by atoms with Crippen LogP contribution in [0, 0.1) is 0 Å². The van der Waals surface area contributed by atoms with Crippen molar-refractivity contribution in [3.8, 4) is 0 Å². The molecule has 1 aromatic rings. The zero-order valence-electron chi connectivity index (χ0n) is 11.9. The SMILES string of the molecule is CC1(C)OB([C@H]2C[C@@H]2c2ccccc2Cl)OC1(C)C. The molecule has 1 aliphatic carbocycles. The molecule has 2 atom stereocenters. The smallest absolute Gasteiger partial charge is 0.403 e. The molecule has 0 amide bonds. The quantitative estimate of drug-likeness (QED) is 0.751. The molecular weight excluding hydrogens is 258 g/mol. The van der Waals surface area contributed by atoms with Gasteiger partial charge in [0, 0.05) is 10.8 Å². The summed E-state index contributed by atoms with van der Waals surface area (Å²) in [5, 5.41) is 0.853. The van der Waals surface area contributed by atoms with E-state index in [-0.39, 0.29) is 18.3 Å². The molecule has 0 spiro atoms. The van der Waals surface area contributed by atoms with Crippen LogP contribution in [0.25, 0.3) is 0 Å². The van der Waals surface area contributed by atoms with Gasteiger partial charge in [-0.15, -0.1) is 0 Å². The Labute approximate surface area is 120 Å². The zero-order valence-corrected chi connectivity index (χ0v) is 12.7. The molecule has 19 heavy (non-hydrogen) atoms. The summed E-state index contributed by atoms with van der Waals surface area (Å²) in [6.07, 6.45) is 1.10. The average Bonchev–Trinajstić information content (AvgIpc) is 3.03. The minimum absolute atomic E-state index is 0.105. The van der Waals surface area contributed by atoms with Crippen molar-refractivity contribution in [1.29, 1.82) is 0 Å². The first-order chi connectivity index (χ1) is 8.82. The van der Waals surface area contributed by atoms with Crippen molar-refractivity contribution in [2.45, 2.75) is 57.1 Å². The molecule has 2 aliphatic rings. The maximum Gasteiger partial charge on any atom is 0.461 e. The molecule has 4 heteroatoms. The van der Waals surface area contributed by atoms with Crippen LogP contribution in [0.4, 0.5) is 0 Å². The Balaban J connectivity index is 1.74. The molecule has 2 fully saturated rings. The van der Waals surface area contributed by atoms with Crippen LogP contribution in [0.15, 0.2) is 24.3 Å². The van der Waals surface area contributed by atoms with Crippen molar-refractivity contribution in [2.75, 3.05) is 0 Å². The second-order valence-electron chi connectivity index (χ2n) is 6.65. The third kappa shape index (κ3) is 2.22. The summed E-state index contributed by atoms with van der Waals surface area (Å²) in [6, 6.07) is 8.08. The largest absolute Gasteiger partial charge is 0.461 e. The minimum Gasteiger partial charge on any atom is -0.403 e. The third-order valence-corrected chi connectivity index (χ3v) is 5.11. The summed E-state index contributed by atoms with van der Waals surface area (Å²) in [6.45, 7) is 8.39. The predicted molar refractivity (Wildman–Crippen MR) is 78.6 cm³/mol. The van der Waals surface area contributed by atoms with E-state index in [4.69, 9.17) is 20.9 Å². The summed E-state index contributed by atoms with van der Waals surface area (Å²) in [5.41, 5.74) is 0.736. The van der Waals surface area contributed by atoms with Crippen LogP contribution in [0.5, 0.6) is 0 Å². The van der Waals surface area contributed by atoms with E-state index in [2.05, 4.69) is 33.8 Å². The molecule has 1 aromatic carbocycles. The summed E-state index contributed by atoms with van der Waals surface area (Å²) in [7, 11) is -0.105. The monoisotopic (exact) mass is 278 g/mol. The molecule has 102 valence electrons. The molecule has 0 bridgehead atoms. The van der Waals surface area contributed by atoms with Crippen molar-refractivity contribution < 1.29 is 9.31 Å². The lowest BCUT2D eigenvalue weighted by Crippen LogP contribution is -2.41. The van der Waals surface area contributed by atoms with Gasteiger partial charge in [-0.25, -0.2) is 0 Å². The Hall–Kier alpha value is -0.505. The lowest BCUT2D eigenvalue weighted by Gasteiger charge is -2.32. The van der Waals surface area contributed by atoms with Gasteiger partial charge in [0.25, 0.3) is 0 Å². The molecule has 2 nitrogen and oxygen atoms in total. The average molecular weight is 279 g/mol. The van der Waals surface area contributed by atoms with Gasteiger partial charge in [-0.2, -0.15) is 0 Å². The molecule has 1 saturated carbocycles. The lowest BCUT2D eigenvalue weighted by atomic mass is 9.79. The molecule has 0 unspecified atom stereocenters. The van der Waals surface area contributed by atoms with Crippen LogP contribution in [-0.4, -0.2) is 18.3 Å². The normalized spacial score (nSPS) is 31.5. The number of halogens is 1. The fourth-order valence-electron chi connectivity index (χ4n) is 2.71. The van der Waals surface area contributed by atoms with E-state index in [1.165, 1.54) is 5.56 Å². The number of benzene rings is 1. The standard InChI is InChI=1S/C15H20BClO2/c1-14(2)15(3,4)19-16(18-14)12-9-11(12)10-7-5-6-8-13(10)17/h5-8,11-12H,9H2,1-4H3/t11-,12+/m1/s1. The Bertz CT molecular complexity index is 485. The van der Waals surface area contributed by atoms with Gasteiger partial charge in [0.2, 0.25) is 0 Å². The third-order valence-electron chi connectivity index (χ3n) is 4.77. The maximum absolute atomic E-state index is 6.26. The van der Waals surface area contributed by atoms with Crippen molar-refractivity contribution in [1.82, 2.24) is 0 Å². The van der Waals surface area contributed by atoms with Gasteiger partial charge in [0.15, 0.2) is 0 Å². The van der Waals surface area contributed by atoms with Crippen molar-refractivity contribution in [3.63, 3.8) is 0 Å². The molecule has 1 heterocycles. The van der Waals surface area contributed by atoms with Gasteiger partial charge in [-0.05, 0) is 51.7 Å². The zero-order chi connectivity index (χ0) is 13.8. The van der Waals surface area contributed by atoms with Crippen LogP contribution in [0.3, 0.4) is 0 Å². The summed E-state index contributed by atoms with van der Waals surface area (Å²) in [5.74, 6) is 0.907. The Kier molecular flexibility index (Phi) is 3.01. The van der Waals surface area contributed by atoms with Gasteiger partial charge in [0.1, 0.15) is 0 Å². The second-order valence-corrected chi connectivity index (χ2v) is 7.06. The van der Waals surface area contributed by atoms with Crippen LogP contribution in [0.1, 0.15) is 45.6 Å². The van der Waals surface area contributed by atoms with E-state index >= 15 is 0 Å². The highest BCUT2D eigenvalue weighted by atomic mass is 35.5. The van der Waals surface area contributed by atoms with Crippen LogP contribution in [-0.2, 0) is 9.31 Å². The van der Waals surface area contributed by atoms with Crippen LogP contribution >= 0.6 is 11.6 Å². The minimum atomic E-state index is -0.245. The van der Waals surface area contributed by atoms with Gasteiger partial charge in [-0.1, -0.05) is 29.8 Å². The second kappa shape index (κ2) is 4.24. The van der Waals surface area contributed by atoms with E-state index in [1.54, 1.807) is 0 Å². The highest BCUT2D eigenvalue weighted by Crippen LogP contribution is 2.59. The van der Waals surface area contributed by atoms with E-state index in [1.807, 2.05) is 18.2 Å². The molecular formula is C15H20BClO2. The predicted octanol–water partition coefficient (Wildman–Crippen LogP) is 4.29. The summed E-state index contributed by atoms with van der Waals surface area (Å²) in [4.78, 5) is 0. The highest BCUT2D eigenvalue weighted by Gasteiger charge is 2.60. The van der Waals surface area contributed by atoms with E-state index in [0.29, 0.717) is 11.7 Å². The van der Waals surface area contributed by atoms with Crippen molar-refractivity contribution >= 4 is 18.7 Å². The molecule has 3 rings (SSSR count). The van der Waals surface area contributed by atoms with Crippen molar-refractivity contribution in [2.24, 2.45) is 0 Å². The van der Waals surface area contributed by atoms with Gasteiger partial charge < -0.3 is 9.31 Å². The van der Waals surface area contributed by atoms with E-state index < -0.39 is 0 Å². The lowest BCUT2D eigenvalue weighted by molar-refractivity contribution is 0.00578. The Morgan fingerprint density at radius 1 is 1.11 bits per heavy atom. The molecule has 1 aliphatic heterocycles. The number of rotatable bonds is 2. The molecule has 0 N–H and O–H groups in total. The Morgan fingerprint density at radius 3 is 2.26 bits per heavy atom. The molecule has 0 radical (unpaired) electrons. The van der Waals surface area contributed by atoms with Crippen LogP contribution in [0.2, 0.25) is 10.8 Å². The number of hydrogen-bond acceptors (Lipinski definition) is 2. The maximum atomic E-state index is 6.26.